The van der Waals surface area contributed by atoms with E-state index in [9.17, 15) is 4.79 Å². The Balaban J connectivity index is 1.91. The molecule has 5 heteroatoms. The number of rotatable bonds is 2. The third kappa shape index (κ3) is 1.98. The summed E-state index contributed by atoms with van der Waals surface area (Å²) in [4.78, 5) is 16.2. The molecule has 19 heavy (non-hydrogen) atoms. The van der Waals surface area contributed by atoms with Crippen molar-refractivity contribution in [2.45, 2.75) is 25.3 Å². The molecule has 4 nitrogen and oxygen atoms in total. The first-order chi connectivity index (χ1) is 9.22. The number of hydrogen-bond acceptors (Lipinski definition) is 3. The molecule has 100 valence electrons. The Morgan fingerprint density at radius 3 is 2.63 bits per heavy atom. The van der Waals surface area contributed by atoms with Crippen molar-refractivity contribution < 1.29 is 9.53 Å². The lowest BCUT2D eigenvalue weighted by molar-refractivity contribution is -0.120. The van der Waals surface area contributed by atoms with Crippen LogP contribution in [0.1, 0.15) is 19.3 Å². The number of amides is 1. The van der Waals surface area contributed by atoms with Gasteiger partial charge >= 0.3 is 0 Å². The van der Waals surface area contributed by atoms with Crippen LogP contribution in [0.4, 0.5) is 5.69 Å². The second kappa shape index (κ2) is 4.81. The minimum atomic E-state index is -0.0525. The van der Waals surface area contributed by atoms with Gasteiger partial charge in [0.2, 0.25) is 0 Å². The number of hydrogen-bond donors (Lipinski definition) is 0. The first-order valence-electron chi connectivity index (χ1n) is 6.51. The van der Waals surface area contributed by atoms with Gasteiger partial charge in [0.05, 0.1) is 12.8 Å². The van der Waals surface area contributed by atoms with Gasteiger partial charge in [0, 0.05) is 6.54 Å². The minimum absolute atomic E-state index is 0.0525. The predicted molar refractivity (Wildman–Crippen MR) is 77.4 cm³/mol. The molecule has 1 atom stereocenters. The van der Waals surface area contributed by atoms with Gasteiger partial charge in [-0.05, 0) is 55.7 Å². The number of fused-ring (bicyclic) bond motifs is 1. The quantitative estimate of drug-likeness (QED) is 0.775. The van der Waals surface area contributed by atoms with Crippen LogP contribution in [0.2, 0.25) is 0 Å². The highest BCUT2D eigenvalue weighted by molar-refractivity contribution is 7.80. The Labute approximate surface area is 117 Å². The van der Waals surface area contributed by atoms with Gasteiger partial charge in [0.25, 0.3) is 5.91 Å². The average Bonchev–Trinajstić information content (AvgIpc) is 2.72. The number of carbonyl (C=O) groups is 1. The fourth-order valence-electron chi connectivity index (χ4n) is 2.76. The van der Waals surface area contributed by atoms with Gasteiger partial charge in [-0.1, -0.05) is 0 Å². The standard InChI is InChI=1S/C14H16N2O2S/c1-18-11-7-5-10(6-8-11)16-13(17)12-4-2-3-9-15(12)14(16)19/h5-8,12H,2-4,9H2,1H3. The SMILES string of the molecule is COc1ccc(N2C(=O)C3CCCCN3C2=S)cc1. The summed E-state index contributed by atoms with van der Waals surface area (Å²) < 4.78 is 5.13. The van der Waals surface area contributed by atoms with Crippen molar-refractivity contribution in [3.05, 3.63) is 24.3 Å². The van der Waals surface area contributed by atoms with Gasteiger partial charge in [-0.15, -0.1) is 0 Å². The van der Waals surface area contributed by atoms with Crippen LogP contribution in [0.3, 0.4) is 0 Å². The Hall–Kier alpha value is -1.62. The van der Waals surface area contributed by atoms with Gasteiger partial charge in [-0.25, -0.2) is 0 Å². The van der Waals surface area contributed by atoms with Crippen LogP contribution in [0.25, 0.3) is 0 Å². The van der Waals surface area contributed by atoms with Crippen molar-refractivity contribution >= 4 is 28.9 Å². The van der Waals surface area contributed by atoms with Crippen molar-refractivity contribution in [2.24, 2.45) is 0 Å². The molecule has 2 aliphatic heterocycles. The molecule has 0 N–H and O–H groups in total. The van der Waals surface area contributed by atoms with Crippen molar-refractivity contribution in [3.63, 3.8) is 0 Å². The van der Waals surface area contributed by atoms with Gasteiger partial charge in [-0.2, -0.15) is 0 Å². The number of thiocarbonyl (C=S) groups is 1. The van der Waals surface area contributed by atoms with Crippen LogP contribution in [0.5, 0.6) is 5.75 Å². The van der Waals surface area contributed by atoms with Crippen molar-refractivity contribution in [2.75, 3.05) is 18.6 Å². The molecule has 0 spiro atoms. The maximum absolute atomic E-state index is 12.5. The maximum atomic E-state index is 12.5. The molecular weight excluding hydrogens is 260 g/mol. The number of nitrogens with zero attached hydrogens (tertiary/aromatic N) is 2. The lowest BCUT2D eigenvalue weighted by Gasteiger charge is -2.27. The van der Waals surface area contributed by atoms with Crippen molar-refractivity contribution in [1.82, 2.24) is 4.90 Å². The third-order valence-electron chi connectivity index (χ3n) is 3.78. The first kappa shape index (κ1) is 12.4. The summed E-state index contributed by atoms with van der Waals surface area (Å²) in [7, 11) is 1.63. The molecular formula is C14H16N2O2S. The van der Waals surface area contributed by atoms with Gasteiger partial charge in [0.15, 0.2) is 5.11 Å². The highest BCUT2D eigenvalue weighted by atomic mass is 32.1. The largest absolute Gasteiger partial charge is 0.497 e. The molecule has 1 aromatic rings. The summed E-state index contributed by atoms with van der Waals surface area (Å²) in [6, 6.07) is 7.40. The Morgan fingerprint density at radius 1 is 1.26 bits per heavy atom. The molecule has 2 heterocycles. The van der Waals surface area contributed by atoms with Crippen LogP contribution in [-0.4, -0.2) is 35.6 Å². The lowest BCUT2D eigenvalue weighted by Crippen LogP contribution is -2.38. The number of piperidine rings is 1. The van der Waals surface area contributed by atoms with E-state index in [0.717, 1.165) is 37.2 Å². The fraction of sp³-hybridized carbons (Fsp3) is 0.429. The van der Waals surface area contributed by atoms with E-state index >= 15 is 0 Å². The van der Waals surface area contributed by atoms with E-state index in [-0.39, 0.29) is 11.9 Å². The molecule has 2 saturated heterocycles. The minimum Gasteiger partial charge on any atom is -0.497 e. The average molecular weight is 276 g/mol. The second-order valence-electron chi connectivity index (χ2n) is 4.86. The molecule has 0 saturated carbocycles. The monoisotopic (exact) mass is 276 g/mol. The topological polar surface area (TPSA) is 32.8 Å². The van der Waals surface area contributed by atoms with Gasteiger partial charge in [0.1, 0.15) is 11.8 Å². The zero-order valence-corrected chi connectivity index (χ0v) is 11.7. The number of carbonyl (C=O) groups excluding carboxylic acids is 1. The molecule has 1 unspecified atom stereocenters. The predicted octanol–water partition coefficient (Wildman–Crippen LogP) is 2.18. The van der Waals surface area contributed by atoms with Crippen LogP contribution >= 0.6 is 12.2 Å². The van der Waals surface area contributed by atoms with Crippen molar-refractivity contribution in [3.8, 4) is 5.75 Å². The van der Waals surface area contributed by atoms with E-state index in [1.807, 2.05) is 24.3 Å². The molecule has 0 radical (unpaired) electrons. The Bertz CT molecular complexity index is 491. The van der Waals surface area contributed by atoms with Gasteiger partial charge < -0.3 is 9.64 Å². The summed E-state index contributed by atoms with van der Waals surface area (Å²) in [5.41, 5.74) is 0.824. The van der Waals surface area contributed by atoms with E-state index in [1.54, 1.807) is 12.0 Å². The second-order valence-corrected chi connectivity index (χ2v) is 5.22. The number of ether oxygens (including phenoxy) is 1. The van der Waals surface area contributed by atoms with E-state index < -0.39 is 0 Å². The van der Waals surface area contributed by atoms with Crippen LogP contribution in [0, 0.1) is 0 Å². The summed E-state index contributed by atoms with van der Waals surface area (Å²) in [5.74, 6) is 0.883. The molecule has 3 rings (SSSR count). The number of benzene rings is 1. The Kier molecular flexibility index (Phi) is 3.14. The third-order valence-corrected chi connectivity index (χ3v) is 4.19. The first-order valence-corrected chi connectivity index (χ1v) is 6.92. The zero-order chi connectivity index (χ0) is 13.4. The van der Waals surface area contributed by atoms with E-state index in [2.05, 4.69) is 4.90 Å². The summed E-state index contributed by atoms with van der Waals surface area (Å²) in [6.07, 6.45) is 3.12. The lowest BCUT2D eigenvalue weighted by atomic mass is 10.0. The molecule has 0 bridgehead atoms. The smallest absolute Gasteiger partial charge is 0.256 e. The molecule has 0 aromatic heterocycles. The number of anilines is 1. The molecule has 0 aliphatic carbocycles. The highest BCUT2D eigenvalue weighted by Crippen LogP contribution is 2.31. The van der Waals surface area contributed by atoms with Crippen LogP contribution in [0.15, 0.2) is 24.3 Å². The Morgan fingerprint density at radius 2 is 2.00 bits per heavy atom. The fourth-order valence-corrected chi connectivity index (χ4v) is 3.17. The molecule has 1 aromatic carbocycles. The van der Waals surface area contributed by atoms with Crippen molar-refractivity contribution in [1.29, 1.82) is 0 Å². The maximum Gasteiger partial charge on any atom is 0.256 e. The van der Waals surface area contributed by atoms with Crippen LogP contribution < -0.4 is 9.64 Å². The normalized spacial score (nSPS) is 22.7. The molecule has 2 aliphatic rings. The summed E-state index contributed by atoms with van der Waals surface area (Å²) in [5, 5.41) is 0.639. The van der Waals surface area contributed by atoms with E-state index in [4.69, 9.17) is 17.0 Å². The van der Waals surface area contributed by atoms with E-state index in [0.29, 0.717) is 5.11 Å². The summed E-state index contributed by atoms with van der Waals surface area (Å²) in [6.45, 7) is 0.891. The zero-order valence-electron chi connectivity index (χ0n) is 10.8. The van der Waals surface area contributed by atoms with Crippen LogP contribution in [-0.2, 0) is 4.79 Å². The number of methoxy groups -OCH3 is 1. The molecule has 2 fully saturated rings. The highest BCUT2D eigenvalue weighted by Gasteiger charge is 2.43. The van der Waals surface area contributed by atoms with Gasteiger partial charge in [-0.3, -0.25) is 9.69 Å². The van der Waals surface area contributed by atoms with E-state index in [1.165, 1.54) is 0 Å². The summed E-state index contributed by atoms with van der Waals surface area (Å²) >= 11 is 5.46. The molecule has 1 amide bonds.